The molecule has 0 saturated carbocycles. The third-order valence-electron chi connectivity index (χ3n) is 5.78. The van der Waals surface area contributed by atoms with Crippen molar-refractivity contribution in [1.29, 1.82) is 0 Å². The van der Waals surface area contributed by atoms with Gasteiger partial charge in [-0.25, -0.2) is 18.7 Å². The number of rotatable bonds is 7. The van der Waals surface area contributed by atoms with Crippen molar-refractivity contribution in [1.82, 2.24) is 24.7 Å². The van der Waals surface area contributed by atoms with Crippen LogP contribution in [0.4, 0.5) is 26.4 Å². The number of anilines is 3. The number of aryl methyl sites for hydroxylation is 1. The second-order valence-corrected chi connectivity index (χ2v) is 8.46. The molecule has 5 rings (SSSR count). The Morgan fingerprint density at radius 1 is 1.22 bits per heavy atom. The molecule has 0 radical (unpaired) electrons. The van der Waals surface area contributed by atoms with Gasteiger partial charge in [-0.05, 0) is 12.1 Å². The van der Waals surface area contributed by atoms with E-state index in [2.05, 4.69) is 30.7 Å². The number of aromatic nitrogens is 5. The fourth-order valence-corrected chi connectivity index (χ4v) is 3.95. The third-order valence-corrected chi connectivity index (χ3v) is 5.78. The molecule has 5 heterocycles. The lowest BCUT2D eigenvalue weighted by molar-refractivity contribution is -0.0221. The Bertz CT molecular complexity index is 1390. The largest absolute Gasteiger partial charge is 0.422 e. The molecule has 1 fully saturated rings. The number of alkyl halides is 2. The van der Waals surface area contributed by atoms with Gasteiger partial charge in [0.2, 0.25) is 5.65 Å². The molecule has 0 bridgehead atoms. The predicted octanol–water partition coefficient (Wildman–Crippen LogP) is 2.91. The molecule has 36 heavy (non-hydrogen) atoms. The van der Waals surface area contributed by atoms with Crippen LogP contribution in [0.3, 0.4) is 0 Å². The average molecular weight is 498 g/mol. The Kier molecular flexibility index (Phi) is 6.22. The molecule has 13 heteroatoms. The number of amides is 1. The standard InChI is InChI=1S/C23H24F2N8O3/c1-32-13-14(12-27-32)16-3-2-4-18(28-16)29-21(35)15-11-17-19(31-22(36-17)26-7-10-34)30-20(15)33-8-5-23(24,25)6-9-33/h2-4,11-13,34H,5-10H2,1H3,(H,26,30,31)(H,28,29,35). The first-order chi connectivity index (χ1) is 17.3. The third kappa shape index (κ3) is 4.96. The minimum atomic E-state index is -2.76. The summed E-state index contributed by atoms with van der Waals surface area (Å²) < 4.78 is 34.9. The van der Waals surface area contributed by atoms with E-state index in [4.69, 9.17) is 9.52 Å². The van der Waals surface area contributed by atoms with Gasteiger partial charge in [0, 0.05) is 57.4 Å². The van der Waals surface area contributed by atoms with Gasteiger partial charge < -0.3 is 25.1 Å². The van der Waals surface area contributed by atoms with Crippen LogP contribution in [-0.4, -0.2) is 67.9 Å². The van der Waals surface area contributed by atoms with Gasteiger partial charge in [0.1, 0.15) is 11.6 Å². The number of hydrogen-bond donors (Lipinski definition) is 3. The lowest BCUT2D eigenvalue weighted by atomic mass is 10.1. The van der Waals surface area contributed by atoms with Crippen LogP contribution < -0.4 is 15.5 Å². The lowest BCUT2D eigenvalue weighted by Crippen LogP contribution is -2.40. The molecule has 0 aliphatic carbocycles. The van der Waals surface area contributed by atoms with Crippen LogP contribution in [0, 0.1) is 0 Å². The van der Waals surface area contributed by atoms with Gasteiger partial charge in [0.15, 0.2) is 5.58 Å². The summed E-state index contributed by atoms with van der Waals surface area (Å²) in [6.07, 6.45) is 2.79. The normalized spacial score (nSPS) is 15.3. The van der Waals surface area contributed by atoms with Crippen molar-refractivity contribution in [2.75, 3.05) is 41.8 Å². The number of nitrogens with zero attached hydrogens (tertiary/aromatic N) is 6. The van der Waals surface area contributed by atoms with E-state index in [-0.39, 0.29) is 67.7 Å². The molecular formula is C23H24F2N8O3. The van der Waals surface area contributed by atoms with E-state index < -0.39 is 11.8 Å². The van der Waals surface area contributed by atoms with E-state index in [1.807, 2.05) is 6.20 Å². The highest BCUT2D eigenvalue weighted by Crippen LogP contribution is 2.33. The highest BCUT2D eigenvalue weighted by atomic mass is 19.3. The fraction of sp³-hybridized carbons (Fsp3) is 0.348. The number of carbonyl (C=O) groups excluding carboxylic acids is 1. The SMILES string of the molecule is Cn1cc(-c2cccc(NC(=O)c3cc4oc(NCCO)nc4nc3N3CCC(F)(F)CC3)n2)cn1. The Morgan fingerprint density at radius 3 is 2.75 bits per heavy atom. The van der Waals surface area contributed by atoms with E-state index in [1.54, 1.807) is 41.0 Å². The molecular weight excluding hydrogens is 474 g/mol. The minimum absolute atomic E-state index is 0.0357. The van der Waals surface area contributed by atoms with Crippen LogP contribution in [0.25, 0.3) is 22.5 Å². The molecule has 188 valence electrons. The molecule has 1 saturated heterocycles. The maximum Gasteiger partial charge on any atom is 0.297 e. The Balaban J connectivity index is 1.47. The zero-order valence-corrected chi connectivity index (χ0v) is 19.4. The van der Waals surface area contributed by atoms with E-state index >= 15 is 0 Å². The van der Waals surface area contributed by atoms with Gasteiger partial charge in [-0.1, -0.05) is 6.07 Å². The summed E-state index contributed by atoms with van der Waals surface area (Å²) in [6, 6.07) is 6.83. The molecule has 0 spiro atoms. The predicted molar refractivity (Wildman–Crippen MR) is 128 cm³/mol. The number of oxazole rings is 1. The highest BCUT2D eigenvalue weighted by Gasteiger charge is 2.36. The molecule has 0 aromatic carbocycles. The topological polar surface area (TPSA) is 134 Å². The number of halogens is 2. The number of aliphatic hydroxyl groups excluding tert-OH is 1. The number of carbonyl (C=O) groups is 1. The van der Waals surface area contributed by atoms with Crippen molar-refractivity contribution in [3.63, 3.8) is 0 Å². The molecule has 0 unspecified atom stereocenters. The van der Waals surface area contributed by atoms with Crippen LogP contribution in [0.5, 0.6) is 0 Å². The van der Waals surface area contributed by atoms with Crippen molar-refractivity contribution in [3.8, 4) is 11.3 Å². The number of piperidine rings is 1. The van der Waals surface area contributed by atoms with Gasteiger partial charge >= 0.3 is 0 Å². The first kappa shape index (κ1) is 23.6. The highest BCUT2D eigenvalue weighted by molar-refractivity contribution is 6.08. The zero-order valence-electron chi connectivity index (χ0n) is 19.4. The van der Waals surface area contributed by atoms with E-state index in [9.17, 15) is 13.6 Å². The van der Waals surface area contributed by atoms with Gasteiger partial charge in [0.25, 0.3) is 17.8 Å². The Labute approximate surface area is 204 Å². The summed E-state index contributed by atoms with van der Waals surface area (Å²) in [5.74, 6) is -2.73. The monoisotopic (exact) mass is 498 g/mol. The molecule has 3 N–H and O–H groups in total. The second-order valence-electron chi connectivity index (χ2n) is 8.46. The molecule has 4 aromatic heterocycles. The fourth-order valence-electron chi connectivity index (χ4n) is 3.95. The molecule has 1 amide bonds. The van der Waals surface area contributed by atoms with Crippen LogP contribution in [0.1, 0.15) is 23.2 Å². The average Bonchev–Trinajstić information content (AvgIpc) is 3.47. The van der Waals surface area contributed by atoms with Crippen molar-refractivity contribution < 1.29 is 23.1 Å². The summed E-state index contributed by atoms with van der Waals surface area (Å²) in [5, 5.41) is 18.8. The maximum absolute atomic E-state index is 13.8. The number of pyridine rings is 2. The summed E-state index contributed by atoms with van der Waals surface area (Å²) in [5.41, 5.74) is 2.02. The number of hydrogen-bond acceptors (Lipinski definition) is 9. The van der Waals surface area contributed by atoms with Crippen molar-refractivity contribution in [2.45, 2.75) is 18.8 Å². The van der Waals surface area contributed by atoms with Crippen molar-refractivity contribution >= 4 is 34.8 Å². The van der Waals surface area contributed by atoms with Crippen LogP contribution in [0.2, 0.25) is 0 Å². The van der Waals surface area contributed by atoms with E-state index in [1.165, 1.54) is 6.07 Å². The Morgan fingerprint density at radius 2 is 2.03 bits per heavy atom. The first-order valence-electron chi connectivity index (χ1n) is 11.4. The number of nitrogens with one attached hydrogen (secondary N) is 2. The summed E-state index contributed by atoms with van der Waals surface area (Å²) >= 11 is 0. The van der Waals surface area contributed by atoms with Gasteiger partial charge in [-0.15, -0.1) is 0 Å². The summed E-state index contributed by atoms with van der Waals surface area (Å²) in [4.78, 5) is 28.3. The number of aliphatic hydroxyl groups is 1. The van der Waals surface area contributed by atoms with Crippen LogP contribution in [0.15, 0.2) is 41.1 Å². The van der Waals surface area contributed by atoms with Gasteiger partial charge in [-0.3, -0.25) is 9.48 Å². The quantitative estimate of drug-likeness (QED) is 0.352. The zero-order chi connectivity index (χ0) is 25.3. The lowest BCUT2D eigenvalue weighted by Gasteiger charge is -2.33. The molecule has 4 aromatic rings. The van der Waals surface area contributed by atoms with E-state index in [0.29, 0.717) is 11.5 Å². The van der Waals surface area contributed by atoms with Crippen molar-refractivity contribution in [3.05, 3.63) is 42.2 Å². The number of fused-ring (bicyclic) bond motifs is 1. The van der Waals surface area contributed by atoms with Crippen molar-refractivity contribution in [2.24, 2.45) is 7.05 Å². The Hall–Kier alpha value is -4.13. The van der Waals surface area contributed by atoms with Crippen LogP contribution >= 0.6 is 0 Å². The molecule has 1 aliphatic rings. The first-order valence-corrected chi connectivity index (χ1v) is 11.4. The maximum atomic E-state index is 13.8. The van der Waals surface area contributed by atoms with Gasteiger partial charge in [0.05, 0.1) is 24.1 Å². The minimum Gasteiger partial charge on any atom is -0.422 e. The summed E-state index contributed by atoms with van der Waals surface area (Å²) in [7, 11) is 1.80. The van der Waals surface area contributed by atoms with E-state index in [0.717, 1.165) is 5.56 Å². The molecule has 0 atom stereocenters. The molecule has 11 nitrogen and oxygen atoms in total. The smallest absolute Gasteiger partial charge is 0.297 e. The summed E-state index contributed by atoms with van der Waals surface area (Å²) in [6.45, 7) is 0.160. The van der Waals surface area contributed by atoms with Gasteiger partial charge in [-0.2, -0.15) is 10.1 Å². The second kappa shape index (κ2) is 9.49. The van der Waals surface area contributed by atoms with Crippen LogP contribution in [-0.2, 0) is 7.05 Å². The molecule has 1 aliphatic heterocycles.